The van der Waals surface area contributed by atoms with Crippen LogP contribution >= 0.6 is 0 Å². The van der Waals surface area contributed by atoms with Gasteiger partial charge in [-0.3, -0.25) is 9.89 Å². The minimum atomic E-state index is -0.277. The van der Waals surface area contributed by atoms with Crippen LogP contribution in [-0.4, -0.2) is 39.6 Å². The number of nitrogens with two attached hydrogens (primary N) is 1. The maximum Gasteiger partial charge on any atom is 0.291 e. The molecule has 0 saturated carbocycles. The number of H-pyrrole nitrogens is 1. The fourth-order valence-corrected chi connectivity index (χ4v) is 1.81. The third-order valence-corrected chi connectivity index (χ3v) is 2.73. The van der Waals surface area contributed by atoms with Crippen molar-refractivity contribution in [1.29, 1.82) is 0 Å². The minimum Gasteiger partial charge on any atom is -0.494 e. The van der Waals surface area contributed by atoms with Crippen molar-refractivity contribution in [2.75, 3.05) is 19.4 Å². The number of nitrogens with one attached hydrogen (secondary N) is 1. The van der Waals surface area contributed by atoms with Crippen LogP contribution in [0.15, 0.2) is 24.3 Å². The zero-order chi connectivity index (χ0) is 14.5. The molecule has 1 aromatic carbocycles. The molecule has 0 aliphatic rings. The van der Waals surface area contributed by atoms with E-state index < -0.39 is 0 Å². The van der Waals surface area contributed by atoms with Crippen LogP contribution in [0.1, 0.15) is 23.1 Å². The molecule has 0 spiro atoms. The second kappa shape index (κ2) is 6.05. The van der Waals surface area contributed by atoms with Crippen molar-refractivity contribution < 1.29 is 9.53 Å². The van der Waals surface area contributed by atoms with Gasteiger partial charge in [-0.05, 0) is 13.0 Å². The van der Waals surface area contributed by atoms with Gasteiger partial charge < -0.3 is 15.4 Å². The normalized spacial score (nSPS) is 10.3. The lowest BCUT2D eigenvalue weighted by Gasteiger charge is -2.17. The van der Waals surface area contributed by atoms with E-state index in [9.17, 15) is 4.79 Å². The molecular weight excluding hydrogens is 258 g/mol. The second-order valence-electron chi connectivity index (χ2n) is 4.24. The molecule has 2 aromatic rings. The number of carbonyl (C=O) groups is 1. The first-order valence-electron chi connectivity index (χ1n) is 6.26. The summed E-state index contributed by atoms with van der Waals surface area (Å²) >= 11 is 0. The Bertz CT molecular complexity index is 596. The van der Waals surface area contributed by atoms with Crippen molar-refractivity contribution in [2.24, 2.45) is 0 Å². The number of hydrogen-bond donors (Lipinski definition) is 2. The number of aromatic nitrogens is 3. The maximum absolute atomic E-state index is 12.1. The summed E-state index contributed by atoms with van der Waals surface area (Å²) in [6.45, 7) is 2.91. The average molecular weight is 275 g/mol. The molecule has 0 atom stereocenters. The van der Waals surface area contributed by atoms with Gasteiger partial charge in [0.15, 0.2) is 0 Å². The fourth-order valence-electron chi connectivity index (χ4n) is 1.81. The molecule has 1 amide bonds. The first-order valence-corrected chi connectivity index (χ1v) is 6.26. The Hall–Kier alpha value is -2.57. The highest BCUT2D eigenvalue weighted by Gasteiger charge is 2.17. The number of hydrogen-bond acceptors (Lipinski definition) is 5. The molecule has 3 N–H and O–H groups in total. The first kappa shape index (κ1) is 13.9. The molecule has 0 fully saturated rings. The topological polar surface area (TPSA) is 97.1 Å². The second-order valence-corrected chi connectivity index (χ2v) is 4.24. The minimum absolute atomic E-state index is 0.0523. The standard InChI is InChI=1S/C13H17N5O2/c1-3-20-10-7-5-4-6-9(10)8-18(2)12(19)11-15-13(14)17-16-11/h4-7H,3,8H2,1-2H3,(H3,14,15,16,17). The van der Waals surface area contributed by atoms with Gasteiger partial charge in [-0.1, -0.05) is 18.2 Å². The Balaban J connectivity index is 2.11. The number of aromatic amines is 1. The molecule has 7 heteroatoms. The molecule has 0 radical (unpaired) electrons. The predicted molar refractivity (Wildman–Crippen MR) is 74.2 cm³/mol. The molecule has 0 aliphatic carbocycles. The van der Waals surface area contributed by atoms with Crippen molar-refractivity contribution in [3.63, 3.8) is 0 Å². The zero-order valence-corrected chi connectivity index (χ0v) is 11.5. The van der Waals surface area contributed by atoms with Gasteiger partial charge in [0, 0.05) is 19.2 Å². The van der Waals surface area contributed by atoms with Crippen LogP contribution < -0.4 is 10.5 Å². The van der Waals surface area contributed by atoms with Gasteiger partial charge in [0.25, 0.3) is 5.91 Å². The first-order chi connectivity index (χ1) is 9.61. The maximum atomic E-state index is 12.1. The lowest BCUT2D eigenvalue weighted by molar-refractivity contribution is 0.0772. The molecule has 0 saturated heterocycles. The summed E-state index contributed by atoms with van der Waals surface area (Å²) < 4.78 is 5.53. The van der Waals surface area contributed by atoms with E-state index in [1.165, 1.54) is 4.90 Å². The summed E-state index contributed by atoms with van der Waals surface area (Å²) in [6.07, 6.45) is 0. The SMILES string of the molecule is CCOc1ccccc1CN(C)C(=O)c1nc(N)n[nH]1. The van der Waals surface area contributed by atoms with Crippen LogP contribution in [0.4, 0.5) is 5.95 Å². The van der Waals surface area contributed by atoms with Crippen molar-refractivity contribution in [3.8, 4) is 5.75 Å². The molecule has 2 rings (SSSR count). The number of nitrogen functional groups attached to an aromatic ring is 1. The highest BCUT2D eigenvalue weighted by Crippen LogP contribution is 2.19. The van der Waals surface area contributed by atoms with E-state index in [1.54, 1.807) is 7.05 Å². The Kier molecular flexibility index (Phi) is 4.19. The van der Waals surface area contributed by atoms with Gasteiger partial charge in [-0.25, -0.2) is 0 Å². The van der Waals surface area contributed by atoms with Crippen molar-refractivity contribution in [3.05, 3.63) is 35.7 Å². The summed E-state index contributed by atoms with van der Waals surface area (Å²) in [7, 11) is 1.68. The van der Waals surface area contributed by atoms with E-state index in [0.29, 0.717) is 13.2 Å². The Morgan fingerprint density at radius 1 is 1.45 bits per heavy atom. The van der Waals surface area contributed by atoms with Gasteiger partial charge in [0.1, 0.15) is 5.75 Å². The molecule has 0 aliphatic heterocycles. The van der Waals surface area contributed by atoms with E-state index in [-0.39, 0.29) is 17.7 Å². The lowest BCUT2D eigenvalue weighted by atomic mass is 10.2. The lowest BCUT2D eigenvalue weighted by Crippen LogP contribution is -2.27. The largest absolute Gasteiger partial charge is 0.494 e. The summed E-state index contributed by atoms with van der Waals surface area (Å²) in [5.74, 6) is 0.669. The van der Waals surface area contributed by atoms with E-state index in [4.69, 9.17) is 10.5 Å². The molecule has 7 nitrogen and oxygen atoms in total. The molecule has 0 unspecified atom stereocenters. The molecule has 1 aromatic heterocycles. The number of amides is 1. The Morgan fingerprint density at radius 2 is 2.20 bits per heavy atom. The number of para-hydroxylation sites is 1. The summed E-state index contributed by atoms with van der Waals surface area (Å²) in [6, 6.07) is 7.60. The number of anilines is 1. The summed E-state index contributed by atoms with van der Waals surface area (Å²) in [5.41, 5.74) is 6.32. The fraction of sp³-hybridized carbons (Fsp3) is 0.308. The molecule has 0 bridgehead atoms. The third-order valence-electron chi connectivity index (χ3n) is 2.73. The molecule has 106 valence electrons. The van der Waals surface area contributed by atoms with Crippen LogP contribution in [0.3, 0.4) is 0 Å². The van der Waals surface area contributed by atoms with Crippen LogP contribution in [0.25, 0.3) is 0 Å². The van der Waals surface area contributed by atoms with Crippen molar-refractivity contribution >= 4 is 11.9 Å². The number of benzene rings is 1. The Labute approximate surface area is 116 Å². The van der Waals surface area contributed by atoms with Gasteiger partial charge in [-0.15, -0.1) is 5.10 Å². The van der Waals surface area contributed by atoms with Gasteiger partial charge in [-0.2, -0.15) is 4.98 Å². The van der Waals surface area contributed by atoms with E-state index in [1.807, 2.05) is 31.2 Å². The monoisotopic (exact) mass is 275 g/mol. The summed E-state index contributed by atoms with van der Waals surface area (Å²) in [5, 5.41) is 6.15. The quantitative estimate of drug-likeness (QED) is 0.850. The van der Waals surface area contributed by atoms with Gasteiger partial charge in [0.05, 0.1) is 6.61 Å². The van der Waals surface area contributed by atoms with Crippen molar-refractivity contribution in [1.82, 2.24) is 20.1 Å². The van der Waals surface area contributed by atoms with Crippen LogP contribution in [0, 0.1) is 0 Å². The molecular formula is C13H17N5O2. The zero-order valence-electron chi connectivity index (χ0n) is 11.5. The van der Waals surface area contributed by atoms with Gasteiger partial charge >= 0.3 is 0 Å². The predicted octanol–water partition coefficient (Wildman–Crippen LogP) is 1.06. The third kappa shape index (κ3) is 3.05. The number of carbonyl (C=O) groups excluding carboxylic acids is 1. The highest BCUT2D eigenvalue weighted by atomic mass is 16.5. The average Bonchev–Trinajstić information content (AvgIpc) is 2.87. The number of rotatable bonds is 5. The van der Waals surface area contributed by atoms with E-state index in [0.717, 1.165) is 11.3 Å². The van der Waals surface area contributed by atoms with Crippen molar-refractivity contribution in [2.45, 2.75) is 13.5 Å². The number of ether oxygens (including phenoxy) is 1. The van der Waals surface area contributed by atoms with Gasteiger partial charge in [0.2, 0.25) is 11.8 Å². The van der Waals surface area contributed by atoms with E-state index in [2.05, 4.69) is 15.2 Å². The van der Waals surface area contributed by atoms with Crippen LogP contribution in [-0.2, 0) is 6.54 Å². The molecule has 1 heterocycles. The van der Waals surface area contributed by atoms with Crippen LogP contribution in [0.5, 0.6) is 5.75 Å². The molecule has 20 heavy (non-hydrogen) atoms. The summed E-state index contributed by atoms with van der Waals surface area (Å²) in [4.78, 5) is 17.5. The highest BCUT2D eigenvalue weighted by molar-refractivity contribution is 5.90. The number of nitrogens with zero attached hydrogens (tertiary/aromatic N) is 3. The smallest absolute Gasteiger partial charge is 0.291 e. The van der Waals surface area contributed by atoms with Crippen LogP contribution in [0.2, 0.25) is 0 Å². The van der Waals surface area contributed by atoms with E-state index >= 15 is 0 Å². The Morgan fingerprint density at radius 3 is 2.85 bits per heavy atom.